The largest absolute Gasteiger partial charge is 0.391 e. The van der Waals surface area contributed by atoms with Gasteiger partial charge in [0.05, 0.1) is 11.5 Å². The van der Waals surface area contributed by atoms with Crippen molar-refractivity contribution in [2.24, 2.45) is 0 Å². The maximum atomic E-state index is 9.08. The molecule has 0 saturated heterocycles. The highest BCUT2D eigenvalue weighted by Crippen LogP contribution is 2.14. The fourth-order valence-corrected chi connectivity index (χ4v) is 2.94. The molecule has 4 heteroatoms. The Labute approximate surface area is 110 Å². The molecule has 0 amide bonds. The van der Waals surface area contributed by atoms with Crippen LogP contribution < -0.4 is 4.40 Å². The van der Waals surface area contributed by atoms with Crippen molar-refractivity contribution in [2.75, 3.05) is 0 Å². The molecule has 0 atom stereocenters. The zero-order valence-corrected chi connectivity index (χ0v) is 10.7. The molecule has 0 bridgehead atoms. The molecule has 1 aromatic carbocycles. The van der Waals surface area contributed by atoms with E-state index in [1.54, 1.807) is 11.3 Å². The second-order valence-corrected chi connectivity index (χ2v) is 5.48. The zero-order valence-electron chi connectivity index (χ0n) is 9.91. The van der Waals surface area contributed by atoms with Gasteiger partial charge in [0, 0.05) is 0 Å². The maximum absolute atomic E-state index is 9.08. The van der Waals surface area contributed by atoms with Crippen molar-refractivity contribution < 1.29 is 9.51 Å². The first kappa shape index (κ1) is 11.4. The van der Waals surface area contributed by atoms with Gasteiger partial charge in [0.1, 0.15) is 18.9 Å². The molecule has 2 aromatic heterocycles. The van der Waals surface area contributed by atoms with Crippen LogP contribution in [-0.2, 0) is 13.2 Å². The summed E-state index contributed by atoms with van der Waals surface area (Å²) in [6.07, 6.45) is 6.11. The van der Waals surface area contributed by atoms with Crippen LogP contribution in [0, 0.1) is 6.92 Å². The standard InChI is InChI=1S/C14H14N2OS/c1-11-3-2-4-12(5-11)6-15-8-14-16(10-15)7-13(9-17)18-14/h2-5,7-8,10,17H,1,6,9H2/q+1. The van der Waals surface area contributed by atoms with E-state index in [9.17, 15) is 0 Å². The van der Waals surface area contributed by atoms with E-state index in [1.165, 1.54) is 5.56 Å². The van der Waals surface area contributed by atoms with Gasteiger partial charge in [-0.3, -0.25) is 0 Å². The quantitative estimate of drug-likeness (QED) is 0.715. The molecule has 3 aromatic rings. The number of fused-ring (bicyclic) bond motifs is 1. The average Bonchev–Trinajstić information content (AvgIpc) is 2.86. The number of rotatable bonds is 3. The smallest absolute Gasteiger partial charge is 0.249 e. The molecule has 3 rings (SSSR count). The minimum Gasteiger partial charge on any atom is -0.391 e. The van der Waals surface area contributed by atoms with Crippen molar-refractivity contribution in [1.29, 1.82) is 0 Å². The molecule has 0 saturated carbocycles. The lowest BCUT2D eigenvalue weighted by Gasteiger charge is -1.98. The van der Waals surface area contributed by atoms with E-state index in [0.717, 1.165) is 21.8 Å². The van der Waals surface area contributed by atoms with E-state index in [-0.39, 0.29) is 6.61 Å². The number of hydrogen-bond acceptors (Lipinski definition) is 2. The SMILES string of the molecule is [CH2]c1cccc(Cn2cc3sc(CO)c[n+]3c2)c1. The minimum absolute atomic E-state index is 0.107. The Morgan fingerprint density at radius 1 is 1.39 bits per heavy atom. The predicted molar refractivity (Wildman–Crippen MR) is 71.4 cm³/mol. The van der Waals surface area contributed by atoms with Gasteiger partial charge in [0.2, 0.25) is 11.2 Å². The third-order valence-corrected chi connectivity index (χ3v) is 3.86. The molecule has 1 N–H and O–H groups in total. The summed E-state index contributed by atoms with van der Waals surface area (Å²) in [7, 11) is 0. The third-order valence-electron chi connectivity index (χ3n) is 2.83. The van der Waals surface area contributed by atoms with Gasteiger partial charge < -0.3 is 5.11 Å². The van der Waals surface area contributed by atoms with E-state index in [2.05, 4.69) is 29.8 Å². The van der Waals surface area contributed by atoms with Crippen molar-refractivity contribution in [3.63, 3.8) is 0 Å². The molecule has 3 nitrogen and oxygen atoms in total. The lowest BCUT2D eigenvalue weighted by molar-refractivity contribution is -0.508. The first-order chi connectivity index (χ1) is 8.74. The first-order valence-corrected chi connectivity index (χ1v) is 6.57. The normalized spacial score (nSPS) is 11.2. The maximum Gasteiger partial charge on any atom is 0.249 e. The Hall–Kier alpha value is -1.65. The number of thiazole rings is 1. The number of imidazole rings is 1. The summed E-state index contributed by atoms with van der Waals surface area (Å²) in [5, 5.41) is 9.08. The Morgan fingerprint density at radius 3 is 3.00 bits per heavy atom. The van der Waals surface area contributed by atoms with E-state index < -0.39 is 0 Å². The molecule has 18 heavy (non-hydrogen) atoms. The van der Waals surface area contributed by atoms with Crippen molar-refractivity contribution in [3.05, 3.63) is 65.9 Å². The Morgan fingerprint density at radius 2 is 2.28 bits per heavy atom. The highest BCUT2D eigenvalue weighted by molar-refractivity contribution is 7.16. The highest BCUT2D eigenvalue weighted by atomic mass is 32.1. The number of nitrogens with zero attached hydrogens (tertiary/aromatic N) is 2. The van der Waals surface area contributed by atoms with Crippen LogP contribution in [0.3, 0.4) is 0 Å². The van der Waals surface area contributed by atoms with Gasteiger partial charge in [-0.15, -0.1) is 0 Å². The van der Waals surface area contributed by atoms with Crippen molar-refractivity contribution in [1.82, 2.24) is 4.57 Å². The van der Waals surface area contributed by atoms with Crippen molar-refractivity contribution >= 4 is 16.2 Å². The van der Waals surface area contributed by atoms with Crippen LogP contribution in [0.25, 0.3) is 4.83 Å². The van der Waals surface area contributed by atoms with E-state index >= 15 is 0 Å². The molecular formula is C14H14N2OS+. The fourth-order valence-electron chi connectivity index (χ4n) is 2.05. The summed E-state index contributed by atoms with van der Waals surface area (Å²) >= 11 is 1.61. The van der Waals surface area contributed by atoms with Gasteiger partial charge in [0.15, 0.2) is 0 Å². The Kier molecular flexibility index (Phi) is 2.89. The Bertz CT molecular complexity index is 652. The number of benzene rings is 1. The molecule has 2 heterocycles. The molecular weight excluding hydrogens is 244 g/mol. The van der Waals surface area contributed by atoms with Gasteiger partial charge in [0.25, 0.3) is 0 Å². The van der Waals surface area contributed by atoms with E-state index in [0.29, 0.717) is 0 Å². The summed E-state index contributed by atoms with van der Waals surface area (Å²) in [6.45, 7) is 4.88. The topological polar surface area (TPSA) is 29.3 Å². The summed E-state index contributed by atoms with van der Waals surface area (Å²) in [6, 6.07) is 8.23. The summed E-state index contributed by atoms with van der Waals surface area (Å²) in [5.74, 6) is 0. The number of aliphatic hydroxyl groups excluding tert-OH is 1. The van der Waals surface area contributed by atoms with Crippen LogP contribution in [-0.4, -0.2) is 9.67 Å². The second kappa shape index (κ2) is 4.55. The molecule has 0 fully saturated rings. The van der Waals surface area contributed by atoms with Crippen LogP contribution in [0.5, 0.6) is 0 Å². The predicted octanol–water partition coefficient (Wildman–Crippen LogP) is 2.01. The van der Waals surface area contributed by atoms with Gasteiger partial charge in [-0.1, -0.05) is 35.6 Å². The lowest BCUT2D eigenvalue weighted by atomic mass is 10.1. The summed E-state index contributed by atoms with van der Waals surface area (Å²) in [4.78, 5) is 2.13. The number of aromatic nitrogens is 2. The van der Waals surface area contributed by atoms with Crippen LogP contribution in [0.2, 0.25) is 0 Å². The summed E-state index contributed by atoms with van der Waals surface area (Å²) < 4.78 is 4.19. The van der Waals surface area contributed by atoms with Crippen LogP contribution >= 0.6 is 11.3 Å². The van der Waals surface area contributed by atoms with Crippen molar-refractivity contribution in [2.45, 2.75) is 13.2 Å². The third kappa shape index (κ3) is 2.17. The molecule has 0 spiro atoms. The van der Waals surface area contributed by atoms with Gasteiger partial charge in [-0.25, -0.2) is 4.57 Å². The van der Waals surface area contributed by atoms with E-state index in [4.69, 9.17) is 5.11 Å². The molecule has 0 unspecified atom stereocenters. The first-order valence-electron chi connectivity index (χ1n) is 5.76. The van der Waals surface area contributed by atoms with E-state index in [1.807, 2.05) is 29.1 Å². The van der Waals surface area contributed by atoms with Crippen molar-refractivity contribution in [3.8, 4) is 0 Å². The lowest BCUT2D eigenvalue weighted by Crippen LogP contribution is -2.14. The van der Waals surface area contributed by atoms with Crippen LogP contribution in [0.1, 0.15) is 16.0 Å². The average molecular weight is 258 g/mol. The van der Waals surface area contributed by atoms with Gasteiger partial charge in [-0.05, 0) is 18.1 Å². The van der Waals surface area contributed by atoms with Crippen LogP contribution in [0.15, 0.2) is 43.0 Å². The fraction of sp³-hybridized carbons (Fsp3) is 0.143. The zero-order chi connectivity index (χ0) is 12.5. The molecule has 1 radical (unpaired) electrons. The minimum atomic E-state index is 0.107. The number of aliphatic hydroxyl groups is 1. The Balaban J connectivity index is 1.88. The highest BCUT2D eigenvalue weighted by Gasteiger charge is 2.11. The molecule has 91 valence electrons. The van der Waals surface area contributed by atoms with Crippen LogP contribution in [0.4, 0.5) is 0 Å². The molecule has 0 aliphatic carbocycles. The second-order valence-electron chi connectivity index (χ2n) is 4.34. The monoisotopic (exact) mass is 258 g/mol. The van der Waals surface area contributed by atoms with Gasteiger partial charge in [-0.2, -0.15) is 4.40 Å². The molecule has 0 aliphatic rings. The number of hydrogen-bond donors (Lipinski definition) is 1. The summed E-state index contributed by atoms with van der Waals surface area (Å²) in [5.41, 5.74) is 2.28. The van der Waals surface area contributed by atoms with Gasteiger partial charge >= 0.3 is 0 Å². The molecule has 0 aliphatic heterocycles.